The highest BCUT2D eigenvalue weighted by atomic mass is 16.1. The van der Waals surface area contributed by atoms with E-state index < -0.39 is 0 Å². The SMILES string of the molecule is CC1(C)CC(=O)C2=C(C1)Nc1ccc3ncccc3c1[C@H]2c1cccc2ccccc12. The van der Waals surface area contributed by atoms with Gasteiger partial charge in [-0.3, -0.25) is 9.78 Å². The Labute approximate surface area is 181 Å². The molecule has 0 bridgehead atoms. The van der Waals surface area contributed by atoms with Crippen molar-refractivity contribution in [1.29, 1.82) is 0 Å². The van der Waals surface area contributed by atoms with Crippen molar-refractivity contribution >= 4 is 33.1 Å². The molecule has 1 N–H and O–H groups in total. The van der Waals surface area contributed by atoms with Crippen LogP contribution in [0.4, 0.5) is 5.69 Å². The number of nitrogens with zero attached hydrogens (tertiary/aromatic N) is 1. The van der Waals surface area contributed by atoms with Crippen molar-refractivity contribution in [3.05, 3.63) is 95.3 Å². The molecule has 6 rings (SSSR count). The molecular weight excluding hydrogens is 380 g/mol. The first-order chi connectivity index (χ1) is 15.0. The van der Waals surface area contributed by atoms with Crippen LogP contribution >= 0.6 is 0 Å². The summed E-state index contributed by atoms with van der Waals surface area (Å²) in [6.45, 7) is 4.37. The zero-order chi connectivity index (χ0) is 21.2. The first-order valence-electron chi connectivity index (χ1n) is 10.9. The summed E-state index contributed by atoms with van der Waals surface area (Å²) >= 11 is 0. The second-order valence-corrected chi connectivity index (χ2v) is 9.56. The molecule has 1 aliphatic carbocycles. The molecule has 0 fully saturated rings. The van der Waals surface area contributed by atoms with Gasteiger partial charge in [0.25, 0.3) is 0 Å². The van der Waals surface area contributed by atoms with E-state index in [-0.39, 0.29) is 17.1 Å². The summed E-state index contributed by atoms with van der Waals surface area (Å²) in [6.07, 6.45) is 3.28. The van der Waals surface area contributed by atoms with Crippen LogP contribution in [0.3, 0.4) is 0 Å². The molecule has 3 aromatic carbocycles. The Kier molecular flexibility index (Phi) is 3.85. The maximum absolute atomic E-state index is 13.6. The van der Waals surface area contributed by atoms with E-state index in [0.29, 0.717) is 6.42 Å². The highest BCUT2D eigenvalue weighted by Gasteiger charge is 2.41. The zero-order valence-corrected chi connectivity index (χ0v) is 17.8. The van der Waals surface area contributed by atoms with Gasteiger partial charge in [-0.05, 0) is 51.9 Å². The van der Waals surface area contributed by atoms with Gasteiger partial charge >= 0.3 is 0 Å². The van der Waals surface area contributed by atoms with Crippen LogP contribution in [0.15, 0.2) is 84.2 Å². The number of allylic oxidation sites excluding steroid dienone is 2. The van der Waals surface area contributed by atoms with Crippen LogP contribution in [0.2, 0.25) is 0 Å². The predicted octanol–water partition coefficient (Wildman–Crippen LogP) is 6.59. The minimum Gasteiger partial charge on any atom is -0.358 e. The standard InChI is InChI=1S/C28H24N2O/c1-28(2)15-23-27(24(31)16-28)26(19-10-5-8-17-7-3-4-9-18(17)19)25-20-11-6-14-29-21(20)12-13-22(25)30-23/h3-14,26,30H,15-16H2,1-2H3/t26-/m1/s1. The largest absolute Gasteiger partial charge is 0.358 e. The molecule has 2 aliphatic rings. The lowest BCUT2D eigenvalue weighted by molar-refractivity contribution is -0.118. The van der Waals surface area contributed by atoms with Gasteiger partial charge in [0.1, 0.15) is 0 Å². The van der Waals surface area contributed by atoms with Gasteiger partial charge in [-0.15, -0.1) is 0 Å². The zero-order valence-electron chi connectivity index (χ0n) is 17.8. The molecule has 4 aromatic rings. The minimum absolute atomic E-state index is 0.0396. The van der Waals surface area contributed by atoms with E-state index in [9.17, 15) is 4.79 Å². The van der Waals surface area contributed by atoms with Crippen molar-refractivity contribution in [1.82, 2.24) is 4.98 Å². The highest BCUT2D eigenvalue weighted by molar-refractivity contribution is 6.05. The van der Waals surface area contributed by atoms with Crippen LogP contribution in [0.5, 0.6) is 0 Å². The van der Waals surface area contributed by atoms with Crippen LogP contribution in [0.25, 0.3) is 21.7 Å². The predicted molar refractivity (Wildman–Crippen MR) is 126 cm³/mol. The fourth-order valence-corrected chi connectivity index (χ4v) is 5.50. The lowest BCUT2D eigenvalue weighted by Gasteiger charge is -2.40. The molecule has 152 valence electrons. The second-order valence-electron chi connectivity index (χ2n) is 9.56. The summed E-state index contributed by atoms with van der Waals surface area (Å²) in [7, 11) is 0. The number of nitrogens with one attached hydrogen (secondary N) is 1. The molecule has 1 atom stereocenters. The summed E-state index contributed by atoms with van der Waals surface area (Å²) < 4.78 is 0. The molecule has 1 aromatic heterocycles. The van der Waals surface area contributed by atoms with E-state index in [4.69, 9.17) is 0 Å². The number of Topliss-reactive ketones (excluding diaryl/α,β-unsaturated/α-hetero) is 1. The lowest BCUT2D eigenvalue weighted by Crippen LogP contribution is -2.34. The van der Waals surface area contributed by atoms with Gasteiger partial charge in [0.05, 0.1) is 5.52 Å². The molecule has 0 amide bonds. The van der Waals surface area contributed by atoms with E-state index in [1.807, 2.05) is 12.3 Å². The van der Waals surface area contributed by atoms with Crippen molar-refractivity contribution < 1.29 is 4.79 Å². The molecule has 0 spiro atoms. The Bertz CT molecular complexity index is 1410. The van der Waals surface area contributed by atoms with Crippen LogP contribution in [0, 0.1) is 5.41 Å². The van der Waals surface area contributed by atoms with E-state index in [0.717, 1.165) is 39.8 Å². The third-order valence-electron chi connectivity index (χ3n) is 6.74. The van der Waals surface area contributed by atoms with E-state index in [2.05, 4.69) is 84.8 Å². The number of fused-ring (bicyclic) bond motifs is 4. The van der Waals surface area contributed by atoms with Gasteiger partial charge < -0.3 is 5.32 Å². The number of hydrogen-bond acceptors (Lipinski definition) is 3. The van der Waals surface area contributed by atoms with Crippen molar-refractivity contribution in [3.63, 3.8) is 0 Å². The smallest absolute Gasteiger partial charge is 0.162 e. The Morgan fingerprint density at radius 2 is 1.71 bits per heavy atom. The van der Waals surface area contributed by atoms with Gasteiger partial charge in [-0.2, -0.15) is 0 Å². The molecule has 31 heavy (non-hydrogen) atoms. The molecular formula is C28H24N2O. The molecule has 0 saturated carbocycles. The summed E-state index contributed by atoms with van der Waals surface area (Å²) in [5, 5.41) is 7.16. The van der Waals surface area contributed by atoms with E-state index >= 15 is 0 Å². The van der Waals surface area contributed by atoms with Gasteiger partial charge in [0.2, 0.25) is 0 Å². The van der Waals surface area contributed by atoms with Gasteiger partial charge in [0, 0.05) is 40.9 Å². The van der Waals surface area contributed by atoms with Gasteiger partial charge in [0.15, 0.2) is 5.78 Å². The molecule has 2 heterocycles. The Morgan fingerprint density at radius 1 is 0.903 bits per heavy atom. The topological polar surface area (TPSA) is 42.0 Å². The van der Waals surface area contributed by atoms with Crippen molar-refractivity contribution in [2.75, 3.05) is 5.32 Å². The van der Waals surface area contributed by atoms with Gasteiger partial charge in [-0.25, -0.2) is 0 Å². The monoisotopic (exact) mass is 404 g/mol. The maximum Gasteiger partial charge on any atom is 0.162 e. The summed E-state index contributed by atoms with van der Waals surface area (Å²) in [4.78, 5) is 18.2. The minimum atomic E-state index is -0.103. The van der Waals surface area contributed by atoms with Crippen LogP contribution < -0.4 is 5.32 Å². The quantitative estimate of drug-likeness (QED) is 0.389. The average Bonchev–Trinajstić information content (AvgIpc) is 2.76. The fraction of sp³-hybridized carbons (Fsp3) is 0.214. The molecule has 3 nitrogen and oxygen atoms in total. The van der Waals surface area contributed by atoms with Crippen LogP contribution in [0.1, 0.15) is 43.7 Å². The Balaban J connectivity index is 1.72. The second kappa shape index (κ2) is 6.52. The fourth-order valence-electron chi connectivity index (χ4n) is 5.50. The average molecular weight is 405 g/mol. The third-order valence-corrected chi connectivity index (χ3v) is 6.74. The number of pyridine rings is 1. The first kappa shape index (κ1) is 18.3. The number of rotatable bonds is 1. The molecule has 0 radical (unpaired) electrons. The maximum atomic E-state index is 13.6. The number of carbonyl (C=O) groups is 1. The highest BCUT2D eigenvalue weighted by Crippen LogP contribution is 2.51. The molecule has 0 unspecified atom stereocenters. The van der Waals surface area contributed by atoms with E-state index in [1.165, 1.54) is 16.3 Å². The van der Waals surface area contributed by atoms with Crippen LogP contribution in [-0.2, 0) is 4.79 Å². The molecule has 0 saturated heterocycles. The number of anilines is 1. The number of hydrogen-bond donors (Lipinski definition) is 1. The Morgan fingerprint density at radius 3 is 2.61 bits per heavy atom. The normalized spacial score (nSPS) is 19.8. The molecule has 1 aliphatic heterocycles. The van der Waals surface area contributed by atoms with Gasteiger partial charge in [-0.1, -0.05) is 62.4 Å². The van der Waals surface area contributed by atoms with Crippen molar-refractivity contribution in [3.8, 4) is 0 Å². The first-order valence-corrected chi connectivity index (χ1v) is 10.9. The summed E-state index contributed by atoms with van der Waals surface area (Å²) in [5.41, 5.74) is 6.37. The van der Waals surface area contributed by atoms with Crippen molar-refractivity contribution in [2.45, 2.75) is 32.6 Å². The number of ketones is 1. The third kappa shape index (κ3) is 2.80. The van der Waals surface area contributed by atoms with Crippen LogP contribution in [-0.4, -0.2) is 10.8 Å². The van der Waals surface area contributed by atoms with E-state index in [1.54, 1.807) is 0 Å². The van der Waals surface area contributed by atoms with Crippen molar-refractivity contribution in [2.24, 2.45) is 5.41 Å². The number of carbonyl (C=O) groups excluding carboxylic acids is 1. The Hall–Kier alpha value is -3.46. The number of benzene rings is 3. The lowest BCUT2D eigenvalue weighted by atomic mass is 9.68. The number of aromatic nitrogens is 1. The summed E-state index contributed by atoms with van der Waals surface area (Å²) in [5.74, 6) is 0.150. The summed E-state index contributed by atoms with van der Waals surface area (Å²) in [6, 6.07) is 23.2. The molecule has 3 heteroatoms.